The Kier molecular flexibility index (Phi) is 4.73. The van der Waals surface area contributed by atoms with E-state index < -0.39 is 0 Å². The molecule has 0 aromatic heterocycles. The van der Waals surface area contributed by atoms with Crippen molar-refractivity contribution in [2.24, 2.45) is 0 Å². The largest absolute Gasteiger partial charge is 0.336 e. The average molecular weight is 328 g/mol. The summed E-state index contributed by atoms with van der Waals surface area (Å²) < 4.78 is 0.854. The molecule has 0 heterocycles. The van der Waals surface area contributed by atoms with Crippen LogP contribution in [-0.4, -0.2) is 23.4 Å². The highest BCUT2D eigenvalue weighted by atomic mass is 79.9. The van der Waals surface area contributed by atoms with Crippen LogP contribution in [0.3, 0.4) is 0 Å². The second-order valence-corrected chi connectivity index (χ2v) is 6.12. The van der Waals surface area contributed by atoms with Crippen LogP contribution in [0.2, 0.25) is 0 Å². The summed E-state index contributed by atoms with van der Waals surface area (Å²) in [5.74, 6) is 0.133. The third-order valence-corrected chi connectivity index (χ3v) is 4.15. The van der Waals surface area contributed by atoms with E-state index in [9.17, 15) is 4.79 Å². The molecule has 0 unspecified atom stereocenters. The monoisotopic (exact) mass is 327 g/mol. The Morgan fingerprint density at radius 2 is 2.22 bits per heavy atom. The van der Waals surface area contributed by atoms with Gasteiger partial charge in [-0.15, -0.1) is 12.6 Å². The highest BCUT2D eigenvalue weighted by Crippen LogP contribution is 2.30. The molecule has 1 fully saturated rings. The first-order valence-electron chi connectivity index (χ1n) is 6.43. The first-order chi connectivity index (χ1) is 8.63. The lowest BCUT2D eigenvalue weighted by molar-refractivity contribution is 0.0739. The van der Waals surface area contributed by atoms with Gasteiger partial charge < -0.3 is 4.90 Å². The number of carbonyl (C=O) groups is 1. The zero-order valence-corrected chi connectivity index (χ0v) is 13.0. The van der Waals surface area contributed by atoms with Gasteiger partial charge in [0.15, 0.2) is 0 Å². The molecule has 0 bridgehead atoms. The molecule has 18 heavy (non-hydrogen) atoms. The van der Waals surface area contributed by atoms with E-state index in [0.29, 0.717) is 6.04 Å². The number of hydrogen-bond acceptors (Lipinski definition) is 2. The van der Waals surface area contributed by atoms with E-state index in [0.717, 1.165) is 47.2 Å². The summed E-state index contributed by atoms with van der Waals surface area (Å²) in [6.45, 7) is 3.02. The van der Waals surface area contributed by atoms with Crippen LogP contribution >= 0.6 is 28.6 Å². The number of halogens is 1. The Balaban J connectivity index is 2.19. The normalized spacial score (nSPS) is 14.6. The van der Waals surface area contributed by atoms with Crippen LogP contribution in [0.1, 0.15) is 43.0 Å². The molecule has 2 rings (SSSR count). The van der Waals surface area contributed by atoms with E-state index in [-0.39, 0.29) is 5.91 Å². The molecule has 0 atom stereocenters. The number of nitrogens with zero attached hydrogens (tertiary/aromatic N) is 1. The molecule has 0 saturated heterocycles. The summed E-state index contributed by atoms with van der Waals surface area (Å²) in [6.07, 6.45) is 4.48. The summed E-state index contributed by atoms with van der Waals surface area (Å²) in [5.41, 5.74) is 0.727. The van der Waals surface area contributed by atoms with Crippen LogP contribution < -0.4 is 0 Å². The lowest BCUT2D eigenvalue weighted by Crippen LogP contribution is -2.34. The van der Waals surface area contributed by atoms with Crippen LogP contribution in [0.25, 0.3) is 0 Å². The Morgan fingerprint density at radius 3 is 2.83 bits per heavy atom. The molecule has 98 valence electrons. The maximum absolute atomic E-state index is 12.6. The minimum atomic E-state index is 0.133. The molecular weight excluding hydrogens is 310 g/mol. The van der Waals surface area contributed by atoms with Crippen molar-refractivity contribution >= 4 is 34.5 Å². The lowest BCUT2D eigenvalue weighted by Gasteiger charge is -2.23. The van der Waals surface area contributed by atoms with Crippen LogP contribution in [0, 0.1) is 0 Å². The smallest absolute Gasteiger partial charge is 0.255 e. The third kappa shape index (κ3) is 3.29. The molecule has 1 amide bonds. The van der Waals surface area contributed by atoms with Gasteiger partial charge in [-0.1, -0.05) is 13.3 Å². The molecule has 0 N–H and O–H groups in total. The number of hydrogen-bond donors (Lipinski definition) is 1. The van der Waals surface area contributed by atoms with Crippen molar-refractivity contribution in [2.45, 2.75) is 43.5 Å². The van der Waals surface area contributed by atoms with Crippen molar-refractivity contribution in [3.05, 3.63) is 28.2 Å². The maximum atomic E-state index is 12.6. The van der Waals surface area contributed by atoms with E-state index in [1.807, 2.05) is 23.1 Å². The fourth-order valence-electron chi connectivity index (χ4n) is 2.00. The number of amides is 1. The van der Waals surface area contributed by atoms with Gasteiger partial charge in [0.1, 0.15) is 0 Å². The maximum Gasteiger partial charge on any atom is 0.255 e. The van der Waals surface area contributed by atoms with Crippen LogP contribution in [0.5, 0.6) is 0 Å². The summed E-state index contributed by atoms with van der Waals surface area (Å²) in [6, 6.07) is 6.08. The van der Waals surface area contributed by atoms with Gasteiger partial charge in [0.25, 0.3) is 5.91 Å². The molecule has 2 nitrogen and oxygen atoms in total. The van der Waals surface area contributed by atoms with E-state index in [2.05, 4.69) is 35.5 Å². The number of rotatable bonds is 5. The molecular formula is C14H18BrNOS. The molecule has 1 aromatic rings. The Bertz CT molecular complexity index is 445. The minimum absolute atomic E-state index is 0.133. The SMILES string of the molecule is CCCCN(C(=O)c1cc(S)ccc1Br)C1CC1. The van der Waals surface area contributed by atoms with E-state index in [4.69, 9.17) is 0 Å². The highest BCUT2D eigenvalue weighted by Gasteiger charge is 2.33. The Labute approximate surface area is 122 Å². The van der Waals surface area contributed by atoms with Crippen LogP contribution in [0.15, 0.2) is 27.6 Å². The first kappa shape index (κ1) is 13.9. The lowest BCUT2D eigenvalue weighted by atomic mass is 10.2. The van der Waals surface area contributed by atoms with Gasteiger partial charge in [-0.05, 0) is 53.4 Å². The summed E-state index contributed by atoms with van der Waals surface area (Å²) in [4.78, 5) is 15.4. The second kappa shape index (κ2) is 6.11. The molecule has 1 aromatic carbocycles. The van der Waals surface area contributed by atoms with Crippen molar-refractivity contribution in [3.63, 3.8) is 0 Å². The molecule has 4 heteroatoms. The van der Waals surface area contributed by atoms with Crippen molar-refractivity contribution in [1.82, 2.24) is 4.90 Å². The second-order valence-electron chi connectivity index (χ2n) is 4.75. The molecule has 0 radical (unpaired) electrons. The van der Waals surface area contributed by atoms with Crippen LogP contribution in [-0.2, 0) is 0 Å². The fraction of sp³-hybridized carbons (Fsp3) is 0.500. The van der Waals surface area contributed by atoms with Gasteiger partial charge in [-0.2, -0.15) is 0 Å². The first-order valence-corrected chi connectivity index (χ1v) is 7.67. The van der Waals surface area contributed by atoms with Crippen molar-refractivity contribution in [2.75, 3.05) is 6.54 Å². The third-order valence-electron chi connectivity index (χ3n) is 3.18. The molecule has 1 aliphatic rings. The Morgan fingerprint density at radius 1 is 1.50 bits per heavy atom. The summed E-state index contributed by atoms with van der Waals surface area (Å²) in [7, 11) is 0. The molecule has 0 spiro atoms. The average Bonchev–Trinajstić information content (AvgIpc) is 3.17. The predicted molar refractivity (Wildman–Crippen MR) is 80.4 cm³/mol. The van der Waals surface area contributed by atoms with Gasteiger partial charge in [0, 0.05) is 22.0 Å². The van der Waals surface area contributed by atoms with Crippen molar-refractivity contribution in [1.29, 1.82) is 0 Å². The van der Waals surface area contributed by atoms with E-state index in [1.165, 1.54) is 0 Å². The number of benzene rings is 1. The topological polar surface area (TPSA) is 20.3 Å². The minimum Gasteiger partial charge on any atom is -0.336 e. The Hall–Kier alpha value is -0.480. The van der Waals surface area contributed by atoms with Gasteiger partial charge in [-0.3, -0.25) is 4.79 Å². The quantitative estimate of drug-likeness (QED) is 0.806. The molecule has 1 aliphatic carbocycles. The summed E-state index contributed by atoms with van der Waals surface area (Å²) in [5, 5.41) is 0. The zero-order chi connectivity index (χ0) is 13.1. The number of unbranched alkanes of at least 4 members (excludes halogenated alkanes) is 1. The van der Waals surface area contributed by atoms with Gasteiger partial charge in [-0.25, -0.2) is 0 Å². The highest BCUT2D eigenvalue weighted by molar-refractivity contribution is 9.10. The van der Waals surface area contributed by atoms with Crippen molar-refractivity contribution in [3.8, 4) is 0 Å². The predicted octanol–water partition coefficient (Wildman–Crippen LogP) is 4.14. The number of thiol groups is 1. The van der Waals surface area contributed by atoms with Gasteiger partial charge in [0.05, 0.1) is 5.56 Å². The molecule has 1 saturated carbocycles. The molecule has 0 aliphatic heterocycles. The van der Waals surface area contributed by atoms with Crippen LogP contribution in [0.4, 0.5) is 0 Å². The van der Waals surface area contributed by atoms with Gasteiger partial charge >= 0.3 is 0 Å². The standard InChI is InChI=1S/C14H18BrNOS/c1-2-3-8-16(10-4-5-10)14(17)12-9-11(18)6-7-13(12)15/h6-7,9-10,18H,2-5,8H2,1H3. The number of carbonyl (C=O) groups excluding carboxylic acids is 1. The van der Waals surface area contributed by atoms with Crippen molar-refractivity contribution < 1.29 is 4.79 Å². The van der Waals surface area contributed by atoms with Gasteiger partial charge in [0.2, 0.25) is 0 Å². The zero-order valence-electron chi connectivity index (χ0n) is 10.5. The summed E-state index contributed by atoms with van der Waals surface area (Å²) >= 11 is 7.77. The fourth-order valence-corrected chi connectivity index (χ4v) is 2.62. The van der Waals surface area contributed by atoms with E-state index in [1.54, 1.807) is 0 Å². The van der Waals surface area contributed by atoms with E-state index >= 15 is 0 Å².